The second kappa shape index (κ2) is 7.55. The number of hydrogen-bond donors (Lipinski definition) is 0. The molecule has 1 unspecified atom stereocenters. The topological polar surface area (TPSA) is 67.9 Å². The fourth-order valence-corrected chi connectivity index (χ4v) is 4.12. The van der Waals surface area contributed by atoms with Crippen LogP contribution in [0.1, 0.15) is 36.9 Å². The third kappa shape index (κ3) is 3.44. The van der Waals surface area contributed by atoms with Gasteiger partial charge in [0, 0.05) is 43.8 Å². The quantitative estimate of drug-likeness (QED) is 0.663. The second-order valence-corrected chi connectivity index (χ2v) is 7.94. The van der Waals surface area contributed by atoms with Crippen LogP contribution in [0.5, 0.6) is 0 Å². The Kier molecular flexibility index (Phi) is 4.72. The molecule has 0 amide bonds. The molecule has 0 aromatic carbocycles. The molecule has 0 N–H and O–H groups in total. The standard InChI is InChI=1S/C21H25FN8/c1-15-18-13-30(26-19(18)14-29(15)17-9-25-27(2)12-17)21-11-23-20(10-24-21)28-7-4-3-5-16(22)6-8-28/h9-13,16H,1,3-8,14H2,2H3. The Bertz CT molecular complexity index is 1050. The van der Waals surface area contributed by atoms with E-state index in [9.17, 15) is 4.39 Å². The van der Waals surface area contributed by atoms with Crippen molar-refractivity contribution < 1.29 is 4.39 Å². The lowest BCUT2D eigenvalue weighted by atomic mass is 10.1. The number of alkyl halides is 1. The molecule has 30 heavy (non-hydrogen) atoms. The van der Waals surface area contributed by atoms with Crippen LogP contribution in [0.4, 0.5) is 15.9 Å². The van der Waals surface area contributed by atoms with E-state index in [-0.39, 0.29) is 0 Å². The van der Waals surface area contributed by atoms with Gasteiger partial charge in [0.05, 0.1) is 36.5 Å². The van der Waals surface area contributed by atoms with Crippen molar-refractivity contribution in [3.05, 3.63) is 48.8 Å². The molecule has 2 aliphatic rings. The average Bonchev–Trinajstić information content (AvgIpc) is 3.42. The zero-order chi connectivity index (χ0) is 20.7. The summed E-state index contributed by atoms with van der Waals surface area (Å²) in [7, 11) is 1.90. The van der Waals surface area contributed by atoms with Crippen LogP contribution in [0.2, 0.25) is 0 Å². The normalized spacial score (nSPS) is 19.7. The van der Waals surface area contributed by atoms with Gasteiger partial charge in [-0.15, -0.1) is 0 Å². The van der Waals surface area contributed by atoms with Gasteiger partial charge in [-0.05, 0) is 25.7 Å². The molecule has 2 aliphatic heterocycles. The number of rotatable bonds is 3. The predicted octanol–water partition coefficient (Wildman–Crippen LogP) is 3.11. The molecule has 0 saturated carbocycles. The minimum absolute atomic E-state index is 0.546. The van der Waals surface area contributed by atoms with Gasteiger partial charge in [-0.25, -0.2) is 19.0 Å². The van der Waals surface area contributed by atoms with Crippen LogP contribution >= 0.6 is 0 Å². The fourth-order valence-electron chi connectivity index (χ4n) is 4.12. The van der Waals surface area contributed by atoms with E-state index in [4.69, 9.17) is 5.10 Å². The van der Waals surface area contributed by atoms with Crippen LogP contribution in [-0.2, 0) is 13.6 Å². The van der Waals surface area contributed by atoms with Gasteiger partial charge in [0.2, 0.25) is 0 Å². The molecule has 1 atom stereocenters. The summed E-state index contributed by atoms with van der Waals surface area (Å²) in [5.74, 6) is 1.45. The molecule has 9 heteroatoms. The highest BCUT2D eigenvalue weighted by molar-refractivity contribution is 5.82. The van der Waals surface area contributed by atoms with Gasteiger partial charge in [-0.1, -0.05) is 6.58 Å². The number of aromatic nitrogens is 6. The zero-order valence-corrected chi connectivity index (χ0v) is 17.1. The number of halogens is 1. The molecular weight excluding hydrogens is 383 g/mol. The lowest BCUT2D eigenvalue weighted by Gasteiger charge is -2.26. The van der Waals surface area contributed by atoms with Gasteiger partial charge < -0.3 is 9.80 Å². The molecule has 5 heterocycles. The summed E-state index contributed by atoms with van der Waals surface area (Å²) in [5, 5.41) is 8.93. The molecule has 0 aliphatic carbocycles. The Morgan fingerprint density at radius 1 is 1.03 bits per heavy atom. The predicted molar refractivity (Wildman–Crippen MR) is 113 cm³/mol. The van der Waals surface area contributed by atoms with E-state index in [2.05, 4.69) is 31.4 Å². The minimum atomic E-state index is -0.717. The summed E-state index contributed by atoms with van der Waals surface area (Å²) in [6.45, 7) is 6.44. The van der Waals surface area contributed by atoms with Crippen LogP contribution in [0, 0.1) is 0 Å². The van der Waals surface area contributed by atoms with Gasteiger partial charge in [0.25, 0.3) is 0 Å². The summed E-state index contributed by atoms with van der Waals surface area (Å²) < 4.78 is 17.3. The molecule has 0 radical (unpaired) electrons. The Hall–Kier alpha value is -3.23. The number of fused-ring (bicyclic) bond motifs is 1. The second-order valence-electron chi connectivity index (χ2n) is 7.94. The molecule has 0 bridgehead atoms. The lowest BCUT2D eigenvalue weighted by Crippen LogP contribution is -2.30. The van der Waals surface area contributed by atoms with E-state index in [1.54, 1.807) is 21.8 Å². The van der Waals surface area contributed by atoms with Crippen molar-refractivity contribution in [3.8, 4) is 5.82 Å². The van der Waals surface area contributed by atoms with E-state index in [0.717, 1.165) is 47.8 Å². The third-order valence-corrected chi connectivity index (χ3v) is 5.83. The first-order valence-electron chi connectivity index (χ1n) is 10.3. The summed E-state index contributed by atoms with van der Waals surface area (Å²) in [6.07, 6.45) is 11.6. The van der Waals surface area contributed by atoms with E-state index in [1.807, 2.05) is 25.6 Å². The molecule has 3 aromatic rings. The highest BCUT2D eigenvalue weighted by atomic mass is 19.1. The molecule has 3 aromatic heterocycles. The van der Waals surface area contributed by atoms with E-state index < -0.39 is 6.17 Å². The first-order chi connectivity index (χ1) is 14.6. The molecule has 8 nitrogen and oxygen atoms in total. The zero-order valence-electron chi connectivity index (χ0n) is 17.1. The van der Waals surface area contributed by atoms with Crippen molar-refractivity contribution in [3.63, 3.8) is 0 Å². The van der Waals surface area contributed by atoms with Gasteiger partial charge in [-0.2, -0.15) is 10.2 Å². The van der Waals surface area contributed by atoms with E-state index in [0.29, 0.717) is 31.7 Å². The van der Waals surface area contributed by atoms with E-state index in [1.165, 1.54) is 0 Å². The van der Waals surface area contributed by atoms with Crippen LogP contribution in [-0.4, -0.2) is 48.8 Å². The van der Waals surface area contributed by atoms with Crippen molar-refractivity contribution in [2.75, 3.05) is 22.9 Å². The third-order valence-electron chi connectivity index (χ3n) is 5.83. The van der Waals surface area contributed by atoms with Crippen molar-refractivity contribution in [2.24, 2.45) is 7.05 Å². The van der Waals surface area contributed by atoms with Gasteiger partial charge in [-0.3, -0.25) is 4.68 Å². The van der Waals surface area contributed by atoms with E-state index >= 15 is 0 Å². The number of hydrogen-bond acceptors (Lipinski definition) is 6. The Balaban J connectivity index is 1.32. The monoisotopic (exact) mass is 408 g/mol. The maximum Gasteiger partial charge on any atom is 0.171 e. The van der Waals surface area contributed by atoms with Gasteiger partial charge in [0.15, 0.2) is 5.82 Å². The first kappa shape index (κ1) is 18.8. The Labute approximate surface area is 174 Å². The number of anilines is 2. The summed E-state index contributed by atoms with van der Waals surface area (Å²) >= 11 is 0. The number of nitrogens with zero attached hydrogens (tertiary/aromatic N) is 8. The van der Waals surface area contributed by atoms with Crippen molar-refractivity contribution in [1.82, 2.24) is 29.5 Å². The largest absolute Gasteiger partial charge is 0.355 e. The summed E-state index contributed by atoms with van der Waals surface area (Å²) in [6, 6.07) is 0. The first-order valence-corrected chi connectivity index (χ1v) is 10.3. The highest BCUT2D eigenvalue weighted by Crippen LogP contribution is 2.35. The summed E-state index contributed by atoms with van der Waals surface area (Å²) in [5.41, 5.74) is 3.85. The maximum atomic E-state index is 13.8. The smallest absolute Gasteiger partial charge is 0.171 e. The average molecular weight is 408 g/mol. The van der Waals surface area contributed by atoms with Crippen LogP contribution in [0.15, 0.2) is 37.6 Å². The van der Waals surface area contributed by atoms with Gasteiger partial charge >= 0.3 is 0 Å². The number of aryl methyl sites for hydroxylation is 1. The maximum absolute atomic E-state index is 13.8. The molecular formula is C21H25FN8. The highest BCUT2D eigenvalue weighted by Gasteiger charge is 2.28. The lowest BCUT2D eigenvalue weighted by molar-refractivity contribution is 0.281. The van der Waals surface area contributed by atoms with Gasteiger partial charge in [0.1, 0.15) is 12.0 Å². The fraction of sp³-hybridized carbons (Fsp3) is 0.429. The van der Waals surface area contributed by atoms with Crippen LogP contribution < -0.4 is 9.80 Å². The molecule has 1 fully saturated rings. The van der Waals surface area contributed by atoms with Crippen molar-refractivity contribution >= 4 is 17.2 Å². The van der Waals surface area contributed by atoms with Crippen LogP contribution in [0.3, 0.4) is 0 Å². The molecule has 5 rings (SSSR count). The summed E-state index contributed by atoms with van der Waals surface area (Å²) in [4.78, 5) is 13.4. The molecule has 156 valence electrons. The van der Waals surface area contributed by atoms with Crippen molar-refractivity contribution in [1.29, 1.82) is 0 Å². The van der Waals surface area contributed by atoms with Crippen molar-refractivity contribution in [2.45, 2.75) is 38.4 Å². The molecule has 0 spiro atoms. The SMILES string of the molecule is C=C1c2cn(-c3cnc(N4CCCCC(F)CC4)cn3)nc2CN1c1cnn(C)c1. The Morgan fingerprint density at radius 3 is 2.60 bits per heavy atom. The Morgan fingerprint density at radius 2 is 1.87 bits per heavy atom. The van der Waals surface area contributed by atoms with Crippen LogP contribution in [0.25, 0.3) is 11.5 Å². The molecule has 1 saturated heterocycles. The minimum Gasteiger partial charge on any atom is -0.355 e.